The van der Waals surface area contributed by atoms with Crippen LogP contribution in [0.15, 0.2) is 24.3 Å². The fourth-order valence-electron chi connectivity index (χ4n) is 1.63. The molecule has 0 aliphatic carbocycles. The summed E-state index contributed by atoms with van der Waals surface area (Å²) in [6.07, 6.45) is 2.14. The molecule has 1 rings (SSSR count). The molecule has 1 N–H and O–H groups in total. The van der Waals surface area contributed by atoms with Gasteiger partial charge in [0.15, 0.2) is 0 Å². The molecule has 0 fully saturated rings. The van der Waals surface area contributed by atoms with E-state index in [4.69, 9.17) is 16.3 Å². The van der Waals surface area contributed by atoms with Crippen molar-refractivity contribution in [2.45, 2.75) is 32.7 Å². The third kappa shape index (κ3) is 6.06. The second-order valence-corrected chi connectivity index (χ2v) is 4.63. The molecule has 0 bridgehead atoms. The SMILES string of the molecule is CCCOCCCNC(C)c1cccc(Cl)c1. The molecule has 0 heterocycles. The summed E-state index contributed by atoms with van der Waals surface area (Å²) in [5.74, 6) is 0. The van der Waals surface area contributed by atoms with Crippen molar-refractivity contribution in [2.75, 3.05) is 19.8 Å². The molecule has 1 aromatic carbocycles. The Bertz CT molecular complexity index is 317. The Morgan fingerprint density at radius 1 is 1.35 bits per heavy atom. The first-order chi connectivity index (χ1) is 8.24. The van der Waals surface area contributed by atoms with Crippen molar-refractivity contribution in [2.24, 2.45) is 0 Å². The van der Waals surface area contributed by atoms with Crippen LogP contribution in [0.2, 0.25) is 5.02 Å². The van der Waals surface area contributed by atoms with Crippen molar-refractivity contribution in [3.05, 3.63) is 34.9 Å². The second-order valence-electron chi connectivity index (χ2n) is 4.20. The van der Waals surface area contributed by atoms with E-state index in [9.17, 15) is 0 Å². The Balaban J connectivity index is 2.19. The Labute approximate surface area is 109 Å². The van der Waals surface area contributed by atoms with Crippen molar-refractivity contribution in [1.29, 1.82) is 0 Å². The van der Waals surface area contributed by atoms with E-state index in [0.29, 0.717) is 6.04 Å². The van der Waals surface area contributed by atoms with E-state index in [2.05, 4.69) is 25.2 Å². The molecule has 2 nitrogen and oxygen atoms in total. The summed E-state index contributed by atoms with van der Waals surface area (Å²) < 4.78 is 5.43. The Kier molecular flexibility index (Phi) is 7.25. The summed E-state index contributed by atoms with van der Waals surface area (Å²) in [4.78, 5) is 0. The summed E-state index contributed by atoms with van der Waals surface area (Å²) in [5, 5.41) is 4.26. The molecule has 1 unspecified atom stereocenters. The first kappa shape index (κ1) is 14.5. The van der Waals surface area contributed by atoms with E-state index in [0.717, 1.165) is 37.6 Å². The minimum absolute atomic E-state index is 0.333. The highest BCUT2D eigenvalue weighted by Crippen LogP contribution is 2.16. The number of ether oxygens (including phenoxy) is 1. The van der Waals surface area contributed by atoms with Crippen LogP contribution in [0.25, 0.3) is 0 Å². The summed E-state index contributed by atoms with van der Waals surface area (Å²) >= 11 is 5.96. The lowest BCUT2D eigenvalue weighted by molar-refractivity contribution is 0.132. The highest BCUT2D eigenvalue weighted by molar-refractivity contribution is 6.30. The van der Waals surface area contributed by atoms with Crippen molar-refractivity contribution >= 4 is 11.6 Å². The van der Waals surface area contributed by atoms with Gasteiger partial charge >= 0.3 is 0 Å². The lowest BCUT2D eigenvalue weighted by atomic mass is 10.1. The Hall–Kier alpha value is -0.570. The minimum atomic E-state index is 0.333. The zero-order valence-electron chi connectivity index (χ0n) is 10.7. The van der Waals surface area contributed by atoms with Gasteiger partial charge in [-0.1, -0.05) is 30.7 Å². The average Bonchev–Trinajstić information content (AvgIpc) is 2.33. The van der Waals surface area contributed by atoms with Crippen LogP contribution in [0, 0.1) is 0 Å². The van der Waals surface area contributed by atoms with Gasteiger partial charge in [-0.15, -0.1) is 0 Å². The number of benzene rings is 1. The van der Waals surface area contributed by atoms with Crippen LogP contribution in [0.1, 0.15) is 38.3 Å². The normalized spacial score (nSPS) is 12.6. The number of nitrogens with one attached hydrogen (secondary N) is 1. The predicted octanol–water partition coefficient (Wildman–Crippen LogP) is 3.81. The number of hydrogen-bond donors (Lipinski definition) is 1. The third-order valence-corrected chi connectivity index (χ3v) is 2.85. The number of rotatable bonds is 8. The molecular weight excluding hydrogens is 234 g/mol. The van der Waals surface area contributed by atoms with Gasteiger partial charge in [-0.2, -0.15) is 0 Å². The van der Waals surface area contributed by atoms with Crippen LogP contribution in [0.5, 0.6) is 0 Å². The highest BCUT2D eigenvalue weighted by atomic mass is 35.5. The first-order valence-electron chi connectivity index (χ1n) is 6.30. The Morgan fingerprint density at radius 2 is 2.18 bits per heavy atom. The fourth-order valence-corrected chi connectivity index (χ4v) is 1.83. The van der Waals surface area contributed by atoms with Crippen molar-refractivity contribution < 1.29 is 4.74 Å². The summed E-state index contributed by atoms with van der Waals surface area (Å²) in [5.41, 5.74) is 1.23. The molecule has 96 valence electrons. The maximum Gasteiger partial charge on any atom is 0.0478 e. The van der Waals surface area contributed by atoms with Crippen LogP contribution >= 0.6 is 11.6 Å². The monoisotopic (exact) mass is 255 g/mol. The van der Waals surface area contributed by atoms with Gasteiger partial charge in [0.1, 0.15) is 0 Å². The lowest BCUT2D eigenvalue weighted by Crippen LogP contribution is -2.21. The largest absolute Gasteiger partial charge is 0.381 e. The third-order valence-electron chi connectivity index (χ3n) is 2.61. The van der Waals surface area contributed by atoms with E-state index in [1.54, 1.807) is 0 Å². The molecule has 0 saturated carbocycles. The van der Waals surface area contributed by atoms with Crippen molar-refractivity contribution in [3.8, 4) is 0 Å². The van der Waals surface area contributed by atoms with E-state index in [1.165, 1.54) is 5.56 Å². The predicted molar refractivity (Wildman–Crippen MR) is 73.6 cm³/mol. The van der Waals surface area contributed by atoms with Gasteiger partial charge in [0.05, 0.1) is 0 Å². The quantitative estimate of drug-likeness (QED) is 0.714. The van der Waals surface area contributed by atoms with E-state index in [-0.39, 0.29) is 0 Å². The number of halogens is 1. The first-order valence-corrected chi connectivity index (χ1v) is 6.68. The van der Waals surface area contributed by atoms with Crippen LogP contribution in [-0.4, -0.2) is 19.8 Å². The van der Waals surface area contributed by atoms with Gasteiger partial charge in [-0.3, -0.25) is 0 Å². The van der Waals surface area contributed by atoms with Gasteiger partial charge in [0.2, 0.25) is 0 Å². The highest BCUT2D eigenvalue weighted by Gasteiger charge is 2.04. The average molecular weight is 256 g/mol. The molecule has 0 radical (unpaired) electrons. The summed E-state index contributed by atoms with van der Waals surface area (Å²) in [7, 11) is 0. The van der Waals surface area contributed by atoms with E-state index in [1.807, 2.05) is 18.2 Å². The molecule has 3 heteroatoms. The van der Waals surface area contributed by atoms with Crippen LogP contribution in [0.4, 0.5) is 0 Å². The van der Waals surface area contributed by atoms with Crippen molar-refractivity contribution in [3.63, 3.8) is 0 Å². The van der Waals surface area contributed by atoms with Gasteiger partial charge < -0.3 is 10.1 Å². The van der Waals surface area contributed by atoms with Crippen LogP contribution in [-0.2, 0) is 4.74 Å². The lowest BCUT2D eigenvalue weighted by Gasteiger charge is -2.14. The molecule has 1 aromatic rings. The minimum Gasteiger partial charge on any atom is -0.381 e. The van der Waals surface area contributed by atoms with E-state index >= 15 is 0 Å². The standard InChI is InChI=1S/C14H22ClNO/c1-3-9-17-10-5-8-16-12(2)13-6-4-7-14(15)11-13/h4,6-7,11-12,16H,3,5,8-10H2,1-2H3. The topological polar surface area (TPSA) is 21.3 Å². The second kappa shape index (κ2) is 8.51. The van der Waals surface area contributed by atoms with E-state index < -0.39 is 0 Å². The zero-order chi connectivity index (χ0) is 12.5. The molecule has 0 amide bonds. The molecule has 0 aromatic heterocycles. The summed E-state index contributed by atoms with van der Waals surface area (Å²) in [6.45, 7) is 6.95. The number of hydrogen-bond acceptors (Lipinski definition) is 2. The molecule has 0 spiro atoms. The smallest absolute Gasteiger partial charge is 0.0478 e. The Morgan fingerprint density at radius 3 is 2.88 bits per heavy atom. The zero-order valence-corrected chi connectivity index (χ0v) is 11.5. The van der Waals surface area contributed by atoms with Crippen LogP contribution in [0.3, 0.4) is 0 Å². The van der Waals surface area contributed by atoms with Crippen molar-refractivity contribution in [1.82, 2.24) is 5.32 Å². The molecular formula is C14H22ClNO. The fraction of sp³-hybridized carbons (Fsp3) is 0.571. The van der Waals surface area contributed by atoms with Gasteiger partial charge in [0.25, 0.3) is 0 Å². The molecule has 0 aliphatic heterocycles. The molecule has 17 heavy (non-hydrogen) atoms. The molecule has 0 aliphatic rings. The maximum absolute atomic E-state index is 5.96. The molecule has 1 atom stereocenters. The van der Waals surface area contributed by atoms with Gasteiger partial charge in [-0.25, -0.2) is 0 Å². The van der Waals surface area contributed by atoms with Gasteiger partial charge in [-0.05, 0) is 44.0 Å². The molecule has 0 saturated heterocycles. The van der Waals surface area contributed by atoms with Crippen LogP contribution < -0.4 is 5.32 Å². The summed E-state index contributed by atoms with van der Waals surface area (Å²) in [6, 6.07) is 8.32. The maximum atomic E-state index is 5.96. The van der Waals surface area contributed by atoms with Gasteiger partial charge in [0, 0.05) is 24.3 Å².